The zero-order chi connectivity index (χ0) is 23.4. The van der Waals surface area contributed by atoms with Gasteiger partial charge in [-0.05, 0) is 61.0 Å². The van der Waals surface area contributed by atoms with Crippen molar-refractivity contribution in [3.63, 3.8) is 0 Å². The number of ketones is 1. The molecular formula is C26H22O7. The van der Waals surface area contributed by atoms with E-state index in [4.69, 9.17) is 23.7 Å². The molecular weight excluding hydrogens is 424 g/mol. The van der Waals surface area contributed by atoms with Crippen molar-refractivity contribution < 1.29 is 33.3 Å². The molecule has 0 radical (unpaired) electrons. The summed E-state index contributed by atoms with van der Waals surface area (Å²) in [5, 5.41) is 0. The lowest BCUT2D eigenvalue weighted by Gasteiger charge is -2.09. The van der Waals surface area contributed by atoms with Gasteiger partial charge in [-0.2, -0.15) is 0 Å². The van der Waals surface area contributed by atoms with Crippen molar-refractivity contribution in [2.45, 2.75) is 6.92 Å². The third kappa shape index (κ3) is 4.67. The molecule has 0 aliphatic carbocycles. The minimum absolute atomic E-state index is 0.197. The van der Waals surface area contributed by atoms with Gasteiger partial charge in [-0.3, -0.25) is 4.79 Å². The Kier molecular flexibility index (Phi) is 6.31. The fraction of sp³-hybridized carbons (Fsp3) is 0.154. The maximum Gasteiger partial charge on any atom is 0.343 e. The average Bonchev–Trinajstić information content (AvgIpc) is 3.14. The van der Waals surface area contributed by atoms with Crippen LogP contribution >= 0.6 is 0 Å². The standard InChI is InChI=1S/C26H22O7/c1-4-31-19-10-11-20-22(15-19)33-24(25(20)27)13-16-5-8-18(9-6-16)32-26(28)17-7-12-21(29-2)23(14-17)30-3/h5-15H,4H2,1-3H3/b24-13-. The molecule has 0 unspecified atom stereocenters. The summed E-state index contributed by atoms with van der Waals surface area (Å²) in [6.07, 6.45) is 1.64. The molecule has 0 N–H and O–H groups in total. The highest BCUT2D eigenvalue weighted by molar-refractivity contribution is 6.14. The van der Waals surface area contributed by atoms with E-state index in [2.05, 4.69) is 0 Å². The van der Waals surface area contributed by atoms with Crippen LogP contribution in [0, 0.1) is 0 Å². The third-order valence-electron chi connectivity index (χ3n) is 4.96. The Bertz CT molecular complexity index is 1230. The Morgan fingerprint density at radius 1 is 0.909 bits per heavy atom. The van der Waals surface area contributed by atoms with Crippen LogP contribution in [0.2, 0.25) is 0 Å². The number of hydrogen-bond acceptors (Lipinski definition) is 7. The highest BCUT2D eigenvalue weighted by Gasteiger charge is 2.27. The SMILES string of the molecule is CCOc1ccc2c(c1)O/C(=C\c1ccc(OC(=O)c3ccc(OC)c(OC)c3)cc1)C2=O. The first kappa shape index (κ1) is 22.0. The van der Waals surface area contributed by atoms with Crippen LogP contribution in [-0.2, 0) is 0 Å². The molecule has 0 atom stereocenters. The second-order valence-electron chi connectivity index (χ2n) is 7.06. The average molecular weight is 446 g/mol. The number of Topliss-reactive ketones (excluding diaryl/α,β-unsaturated/α-hetero) is 1. The number of fused-ring (bicyclic) bond motifs is 1. The first-order valence-electron chi connectivity index (χ1n) is 10.3. The summed E-state index contributed by atoms with van der Waals surface area (Å²) in [6, 6.07) is 16.7. The van der Waals surface area contributed by atoms with Crippen LogP contribution in [0.5, 0.6) is 28.7 Å². The monoisotopic (exact) mass is 446 g/mol. The first-order chi connectivity index (χ1) is 16.0. The third-order valence-corrected chi connectivity index (χ3v) is 4.96. The van der Waals surface area contributed by atoms with Crippen LogP contribution < -0.4 is 23.7 Å². The van der Waals surface area contributed by atoms with Crippen molar-refractivity contribution in [2.75, 3.05) is 20.8 Å². The van der Waals surface area contributed by atoms with Crippen LogP contribution in [0.3, 0.4) is 0 Å². The summed E-state index contributed by atoms with van der Waals surface area (Å²) in [5.74, 6) is 1.92. The van der Waals surface area contributed by atoms with E-state index in [1.807, 2.05) is 6.92 Å². The summed E-state index contributed by atoms with van der Waals surface area (Å²) in [7, 11) is 3.02. The van der Waals surface area contributed by atoms with Gasteiger partial charge < -0.3 is 23.7 Å². The number of methoxy groups -OCH3 is 2. The highest BCUT2D eigenvalue weighted by atomic mass is 16.5. The number of hydrogen-bond donors (Lipinski definition) is 0. The van der Waals surface area contributed by atoms with Gasteiger partial charge in [-0.25, -0.2) is 4.79 Å². The summed E-state index contributed by atoms with van der Waals surface area (Å²) in [4.78, 5) is 25.1. The van der Waals surface area contributed by atoms with Crippen LogP contribution in [0.25, 0.3) is 6.08 Å². The van der Waals surface area contributed by atoms with Crippen molar-refractivity contribution >= 4 is 17.8 Å². The molecule has 0 saturated heterocycles. The molecule has 168 valence electrons. The fourth-order valence-electron chi connectivity index (χ4n) is 3.34. The predicted octanol–water partition coefficient (Wildman–Crippen LogP) is 4.94. The summed E-state index contributed by atoms with van der Waals surface area (Å²) in [6.45, 7) is 2.41. The fourth-order valence-corrected chi connectivity index (χ4v) is 3.34. The Hall–Kier alpha value is -4.26. The summed E-state index contributed by atoms with van der Waals surface area (Å²) < 4.78 is 27.0. The number of rotatable bonds is 7. The van der Waals surface area contributed by atoms with Gasteiger partial charge in [0.05, 0.1) is 32.0 Å². The molecule has 0 aromatic heterocycles. The van der Waals surface area contributed by atoms with Gasteiger partial charge >= 0.3 is 5.97 Å². The van der Waals surface area contributed by atoms with Crippen molar-refractivity contribution in [2.24, 2.45) is 0 Å². The lowest BCUT2D eigenvalue weighted by Crippen LogP contribution is -2.08. The lowest BCUT2D eigenvalue weighted by molar-refractivity contribution is 0.0734. The zero-order valence-electron chi connectivity index (χ0n) is 18.4. The van der Waals surface area contributed by atoms with E-state index in [1.54, 1.807) is 66.7 Å². The Labute approximate surface area is 191 Å². The van der Waals surface area contributed by atoms with E-state index >= 15 is 0 Å². The van der Waals surface area contributed by atoms with Crippen LogP contribution in [0.15, 0.2) is 66.4 Å². The minimum Gasteiger partial charge on any atom is -0.494 e. The Morgan fingerprint density at radius 2 is 1.64 bits per heavy atom. The maximum atomic E-state index is 12.6. The molecule has 0 amide bonds. The quantitative estimate of drug-likeness (QED) is 0.289. The molecule has 3 aromatic rings. The lowest BCUT2D eigenvalue weighted by atomic mass is 10.1. The molecule has 0 bridgehead atoms. The van der Waals surface area contributed by atoms with E-state index in [-0.39, 0.29) is 11.5 Å². The van der Waals surface area contributed by atoms with Crippen LogP contribution in [-0.4, -0.2) is 32.6 Å². The van der Waals surface area contributed by atoms with Gasteiger partial charge in [0.15, 0.2) is 17.3 Å². The smallest absolute Gasteiger partial charge is 0.343 e. The van der Waals surface area contributed by atoms with Crippen molar-refractivity contribution in [3.05, 3.63) is 83.1 Å². The van der Waals surface area contributed by atoms with Gasteiger partial charge in [0.1, 0.15) is 17.2 Å². The molecule has 4 rings (SSSR count). The molecule has 1 aliphatic heterocycles. The van der Waals surface area contributed by atoms with Crippen molar-refractivity contribution in [3.8, 4) is 28.7 Å². The van der Waals surface area contributed by atoms with Gasteiger partial charge in [-0.15, -0.1) is 0 Å². The Morgan fingerprint density at radius 3 is 2.33 bits per heavy atom. The van der Waals surface area contributed by atoms with E-state index < -0.39 is 5.97 Å². The molecule has 7 nitrogen and oxygen atoms in total. The van der Waals surface area contributed by atoms with E-state index in [0.29, 0.717) is 46.5 Å². The molecule has 7 heteroatoms. The Balaban J connectivity index is 1.46. The summed E-state index contributed by atoms with van der Waals surface area (Å²) >= 11 is 0. The van der Waals surface area contributed by atoms with Crippen molar-refractivity contribution in [1.82, 2.24) is 0 Å². The second-order valence-corrected chi connectivity index (χ2v) is 7.06. The zero-order valence-corrected chi connectivity index (χ0v) is 18.4. The van der Waals surface area contributed by atoms with E-state index in [0.717, 1.165) is 5.56 Å². The molecule has 0 spiro atoms. The van der Waals surface area contributed by atoms with E-state index in [9.17, 15) is 9.59 Å². The largest absolute Gasteiger partial charge is 0.494 e. The first-order valence-corrected chi connectivity index (χ1v) is 10.3. The van der Waals surface area contributed by atoms with Gasteiger partial charge in [-0.1, -0.05) is 12.1 Å². The molecule has 0 saturated carbocycles. The molecule has 0 fully saturated rings. The predicted molar refractivity (Wildman–Crippen MR) is 121 cm³/mol. The maximum absolute atomic E-state index is 12.6. The number of esters is 1. The van der Waals surface area contributed by atoms with Gasteiger partial charge in [0, 0.05) is 6.07 Å². The number of ether oxygens (including phenoxy) is 5. The van der Waals surface area contributed by atoms with Crippen molar-refractivity contribution in [1.29, 1.82) is 0 Å². The normalized spacial score (nSPS) is 13.3. The molecule has 1 aliphatic rings. The summed E-state index contributed by atoms with van der Waals surface area (Å²) in [5.41, 5.74) is 1.54. The minimum atomic E-state index is -0.531. The second kappa shape index (κ2) is 9.48. The van der Waals surface area contributed by atoms with Crippen LogP contribution in [0.1, 0.15) is 33.2 Å². The number of benzene rings is 3. The molecule has 33 heavy (non-hydrogen) atoms. The van der Waals surface area contributed by atoms with E-state index in [1.165, 1.54) is 14.2 Å². The number of allylic oxidation sites excluding steroid dienone is 1. The van der Waals surface area contributed by atoms with Gasteiger partial charge in [0.25, 0.3) is 0 Å². The number of carbonyl (C=O) groups is 2. The molecule has 3 aromatic carbocycles. The highest BCUT2D eigenvalue weighted by Crippen LogP contribution is 2.35. The topological polar surface area (TPSA) is 80.3 Å². The number of carbonyl (C=O) groups excluding carboxylic acids is 2. The molecule has 1 heterocycles. The van der Waals surface area contributed by atoms with Gasteiger partial charge in [0.2, 0.25) is 5.78 Å². The van der Waals surface area contributed by atoms with Crippen LogP contribution in [0.4, 0.5) is 0 Å².